The lowest BCUT2D eigenvalue weighted by Gasteiger charge is -2.07. The number of benzene rings is 2. The number of hydrogen-bond acceptors (Lipinski definition) is 2. The maximum absolute atomic E-state index is 13.0. The van der Waals surface area contributed by atoms with Gasteiger partial charge in [-0.3, -0.25) is 4.79 Å². The smallest absolute Gasteiger partial charge is 0.228 e. The molecule has 0 saturated carbocycles. The van der Waals surface area contributed by atoms with Crippen LogP contribution in [-0.2, 0) is 17.8 Å². The summed E-state index contributed by atoms with van der Waals surface area (Å²) in [4.78, 5) is 11.8. The molecule has 2 aromatic carbocycles. The van der Waals surface area contributed by atoms with Crippen LogP contribution in [0.15, 0.2) is 36.4 Å². The van der Waals surface area contributed by atoms with Crippen LogP contribution in [-0.4, -0.2) is 5.91 Å². The third kappa shape index (κ3) is 3.82. The second kappa shape index (κ2) is 6.41. The minimum absolute atomic E-state index is 0.0332. The van der Waals surface area contributed by atoms with Gasteiger partial charge in [-0.25, -0.2) is 13.2 Å². The molecule has 0 aliphatic heterocycles. The van der Waals surface area contributed by atoms with Crippen molar-refractivity contribution in [3.8, 4) is 0 Å². The number of hydrogen-bond donors (Lipinski definition) is 2. The quantitative estimate of drug-likeness (QED) is 0.852. The van der Waals surface area contributed by atoms with Gasteiger partial charge in [0.15, 0.2) is 17.5 Å². The summed E-state index contributed by atoms with van der Waals surface area (Å²) in [5.74, 6) is -4.72. The molecule has 0 saturated heterocycles. The summed E-state index contributed by atoms with van der Waals surface area (Å²) in [5.41, 5.74) is 6.99. The van der Waals surface area contributed by atoms with Crippen LogP contribution in [0, 0.1) is 17.5 Å². The number of carbonyl (C=O) groups is 1. The third-order valence-electron chi connectivity index (χ3n) is 2.89. The number of halogens is 3. The predicted octanol–water partition coefficient (Wildman–Crippen LogP) is 2.74. The zero-order chi connectivity index (χ0) is 15.4. The molecule has 0 spiro atoms. The molecule has 3 nitrogen and oxygen atoms in total. The maximum Gasteiger partial charge on any atom is 0.228 e. The fourth-order valence-corrected chi connectivity index (χ4v) is 1.81. The molecular weight excluding hydrogens is 281 g/mol. The number of anilines is 1. The average Bonchev–Trinajstić information content (AvgIpc) is 2.45. The number of carbonyl (C=O) groups excluding carboxylic acids is 1. The Morgan fingerprint density at radius 1 is 1.00 bits per heavy atom. The van der Waals surface area contributed by atoms with Crippen LogP contribution < -0.4 is 11.1 Å². The average molecular weight is 294 g/mol. The van der Waals surface area contributed by atoms with E-state index in [0.717, 1.165) is 23.3 Å². The molecule has 0 aliphatic rings. The van der Waals surface area contributed by atoms with Crippen molar-refractivity contribution in [1.29, 1.82) is 0 Å². The fourth-order valence-electron chi connectivity index (χ4n) is 1.81. The van der Waals surface area contributed by atoms with Crippen LogP contribution in [0.1, 0.15) is 11.1 Å². The molecule has 0 bridgehead atoms. The Hall–Kier alpha value is -2.34. The maximum atomic E-state index is 13.0. The lowest BCUT2D eigenvalue weighted by Crippen LogP contribution is -2.15. The minimum atomic E-state index is -1.56. The van der Waals surface area contributed by atoms with Crippen molar-refractivity contribution in [2.75, 3.05) is 5.32 Å². The summed E-state index contributed by atoms with van der Waals surface area (Å²) in [6.07, 6.45) is 0.0332. The number of amides is 1. The number of nitrogens with two attached hydrogens (primary N) is 1. The molecular formula is C15H13F3N2O. The Balaban J connectivity index is 2.04. The zero-order valence-corrected chi connectivity index (χ0v) is 11.0. The molecule has 3 N–H and O–H groups in total. The first-order valence-electron chi connectivity index (χ1n) is 6.22. The van der Waals surface area contributed by atoms with Crippen molar-refractivity contribution in [3.05, 3.63) is 65.0 Å². The molecule has 0 aliphatic carbocycles. The highest BCUT2D eigenvalue weighted by Gasteiger charge is 2.12. The van der Waals surface area contributed by atoms with Gasteiger partial charge in [0.05, 0.1) is 6.42 Å². The van der Waals surface area contributed by atoms with E-state index in [9.17, 15) is 18.0 Å². The molecule has 0 heterocycles. The van der Waals surface area contributed by atoms with E-state index in [1.807, 2.05) is 0 Å². The highest BCUT2D eigenvalue weighted by Crippen LogP contribution is 2.17. The molecule has 0 radical (unpaired) electrons. The molecule has 2 aromatic rings. The standard InChI is InChI=1S/C15H13F3N2O/c16-12-6-11(7-13(17)15(12)18)20-14(21)5-9-1-3-10(8-19)4-2-9/h1-4,6-7H,5,8,19H2,(H,20,21). The van der Waals surface area contributed by atoms with Crippen molar-refractivity contribution in [3.63, 3.8) is 0 Å². The van der Waals surface area contributed by atoms with E-state index < -0.39 is 23.4 Å². The largest absolute Gasteiger partial charge is 0.326 e. The van der Waals surface area contributed by atoms with Gasteiger partial charge in [-0.1, -0.05) is 24.3 Å². The van der Waals surface area contributed by atoms with E-state index in [2.05, 4.69) is 5.32 Å². The lowest BCUT2D eigenvalue weighted by molar-refractivity contribution is -0.115. The molecule has 0 unspecified atom stereocenters. The molecule has 0 atom stereocenters. The molecule has 6 heteroatoms. The van der Waals surface area contributed by atoms with E-state index in [0.29, 0.717) is 6.54 Å². The van der Waals surface area contributed by atoms with Crippen LogP contribution in [0.2, 0.25) is 0 Å². The molecule has 21 heavy (non-hydrogen) atoms. The van der Waals surface area contributed by atoms with Gasteiger partial charge in [-0.05, 0) is 11.1 Å². The van der Waals surface area contributed by atoms with Crippen molar-refractivity contribution < 1.29 is 18.0 Å². The summed E-state index contributed by atoms with van der Waals surface area (Å²) in [7, 11) is 0. The first kappa shape index (κ1) is 15.1. The van der Waals surface area contributed by atoms with Crippen molar-refractivity contribution in [2.45, 2.75) is 13.0 Å². The Bertz CT molecular complexity index is 633. The Morgan fingerprint density at radius 3 is 2.05 bits per heavy atom. The molecule has 1 amide bonds. The van der Waals surface area contributed by atoms with Gasteiger partial charge in [0.2, 0.25) is 5.91 Å². The van der Waals surface area contributed by atoms with Gasteiger partial charge in [-0.2, -0.15) is 0 Å². The second-order valence-corrected chi connectivity index (χ2v) is 4.50. The Labute approximate surface area is 119 Å². The highest BCUT2D eigenvalue weighted by molar-refractivity contribution is 5.92. The number of rotatable bonds is 4. The van der Waals surface area contributed by atoms with Crippen LogP contribution in [0.5, 0.6) is 0 Å². The van der Waals surface area contributed by atoms with Crippen LogP contribution in [0.3, 0.4) is 0 Å². The van der Waals surface area contributed by atoms with Crippen LogP contribution in [0.25, 0.3) is 0 Å². The topological polar surface area (TPSA) is 55.1 Å². The lowest BCUT2D eigenvalue weighted by atomic mass is 10.1. The zero-order valence-electron chi connectivity index (χ0n) is 11.0. The summed E-state index contributed by atoms with van der Waals surface area (Å²) >= 11 is 0. The summed E-state index contributed by atoms with van der Waals surface area (Å²) in [6.45, 7) is 0.403. The van der Waals surface area contributed by atoms with E-state index in [4.69, 9.17) is 5.73 Å². The second-order valence-electron chi connectivity index (χ2n) is 4.50. The monoisotopic (exact) mass is 294 g/mol. The van der Waals surface area contributed by atoms with Crippen LogP contribution >= 0.6 is 0 Å². The first-order valence-corrected chi connectivity index (χ1v) is 6.22. The van der Waals surface area contributed by atoms with E-state index in [1.165, 1.54) is 0 Å². The third-order valence-corrected chi connectivity index (χ3v) is 2.89. The summed E-state index contributed by atoms with van der Waals surface area (Å²) in [6, 6.07) is 8.53. The van der Waals surface area contributed by atoms with E-state index in [1.54, 1.807) is 24.3 Å². The SMILES string of the molecule is NCc1ccc(CC(=O)Nc2cc(F)c(F)c(F)c2)cc1. The van der Waals surface area contributed by atoms with Gasteiger partial charge in [0.25, 0.3) is 0 Å². The molecule has 0 aromatic heterocycles. The summed E-state index contributed by atoms with van der Waals surface area (Å²) < 4.78 is 38.8. The van der Waals surface area contributed by atoms with Crippen molar-refractivity contribution in [1.82, 2.24) is 0 Å². The molecule has 110 valence electrons. The van der Waals surface area contributed by atoms with Gasteiger partial charge in [0.1, 0.15) is 0 Å². The number of nitrogens with one attached hydrogen (secondary N) is 1. The van der Waals surface area contributed by atoms with E-state index in [-0.39, 0.29) is 12.1 Å². The Morgan fingerprint density at radius 2 is 1.52 bits per heavy atom. The van der Waals surface area contributed by atoms with Crippen molar-refractivity contribution in [2.24, 2.45) is 5.73 Å². The fraction of sp³-hybridized carbons (Fsp3) is 0.133. The van der Waals surface area contributed by atoms with Crippen molar-refractivity contribution >= 4 is 11.6 Å². The molecule has 2 rings (SSSR count). The predicted molar refractivity (Wildman–Crippen MR) is 73.0 cm³/mol. The normalized spacial score (nSPS) is 10.5. The van der Waals surface area contributed by atoms with Gasteiger partial charge >= 0.3 is 0 Å². The van der Waals surface area contributed by atoms with Gasteiger partial charge < -0.3 is 11.1 Å². The Kier molecular flexibility index (Phi) is 4.59. The highest BCUT2D eigenvalue weighted by atomic mass is 19.2. The summed E-state index contributed by atoms with van der Waals surface area (Å²) in [5, 5.41) is 2.32. The van der Waals surface area contributed by atoms with Crippen LogP contribution in [0.4, 0.5) is 18.9 Å². The van der Waals surface area contributed by atoms with Gasteiger partial charge in [-0.15, -0.1) is 0 Å². The first-order chi connectivity index (χ1) is 9.99. The van der Waals surface area contributed by atoms with Gasteiger partial charge in [0, 0.05) is 24.4 Å². The molecule has 0 fully saturated rings. The minimum Gasteiger partial charge on any atom is -0.326 e. The van der Waals surface area contributed by atoms with E-state index >= 15 is 0 Å².